The molecule has 1 aliphatic heterocycles. The van der Waals surface area contributed by atoms with Gasteiger partial charge in [-0.15, -0.1) is 0 Å². The Morgan fingerprint density at radius 3 is 2.67 bits per heavy atom. The first-order valence-corrected chi connectivity index (χ1v) is 8.79. The maximum absolute atomic E-state index is 12.1. The zero-order valence-corrected chi connectivity index (χ0v) is 15.9. The number of ether oxygens (including phenoxy) is 2. The molecule has 7 nitrogen and oxygen atoms in total. The molecule has 1 aliphatic rings. The maximum Gasteiger partial charge on any atom is 0.325 e. The normalized spacial score (nSPS) is 12.1. The van der Waals surface area contributed by atoms with Gasteiger partial charge in [0.05, 0.1) is 6.54 Å². The van der Waals surface area contributed by atoms with Gasteiger partial charge in [0, 0.05) is 28.3 Å². The van der Waals surface area contributed by atoms with Gasteiger partial charge in [-0.05, 0) is 36.9 Å². The van der Waals surface area contributed by atoms with Crippen LogP contribution in [0.2, 0.25) is 10.0 Å². The number of halogens is 2. The highest BCUT2D eigenvalue weighted by molar-refractivity contribution is 6.35. The summed E-state index contributed by atoms with van der Waals surface area (Å²) in [6.07, 6.45) is 0. The first-order valence-electron chi connectivity index (χ1n) is 8.03. The van der Waals surface area contributed by atoms with E-state index in [1.807, 2.05) is 0 Å². The van der Waals surface area contributed by atoms with Crippen molar-refractivity contribution in [3.8, 4) is 11.5 Å². The second-order valence-corrected chi connectivity index (χ2v) is 6.82. The van der Waals surface area contributed by atoms with E-state index in [9.17, 15) is 9.59 Å². The van der Waals surface area contributed by atoms with Crippen molar-refractivity contribution in [2.75, 3.05) is 25.7 Å². The lowest BCUT2D eigenvalue weighted by Crippen LogP contribution is -2.40. The van der Waals surface area contributed by atoms with Crippen LogP contribution in [0, 0.1) is 0 Å². The van der Waals surface area contributed by atoms with Crippen LogP contribution in [0.4, 0.5) is 10.5 Å². The highest BCUT2D eigenvalue weighted by Crippen LogP contribution is 2.34. The zero-order valence-electron chi connectivity index (χ0n) is 14.4. The third-order valence-corrected chi connectivity index (χ3v) is 4.34. The fourth-order valence-corrected chi connectivity index (χ4v) is 3.01. The summed E-state index contributed by atoms with van der Waals surface area (Å²) in [6, 6.07) is 9.51. The Labute approximate surface area is 166 Å². The lowest BCUT2D eigenvalue weighted by atomic mass is 10.2. The number of urea groups is 1. The molecule has 142 valence electrons. The van der Waals surface area contributed by atoms with Gasteiger partial charge in [-0.1, -0.05) is 29.3 Å². The molecular formula is C18H17Cl2N3O4. The first-order chi connectivity index (χ1) is 12.9. The Kier molecular flexibility index (Phi) is 6.05. The number of nitrogens with one attached hydrogen (secondary N) is 2. The summed E-state index contributed by atoms with van der Waals surface area (Å²) >= 11 is 12.0. The molecule has 0 radical (unpaired) electrons. The SMILES string of the molecule is CN(CC(=O)NC(=O)Nc1ccc2c(c1)OCO2)Cc1ccc(Cl)cc1Cl. The smallest absolute Gasteiger partial charge is 0.325 e. The van der Waals surface area contributed by atoms with E-state index in [1.165, 1.54) is 0 Å². The van der Waals surface area contributed by atoms with Crippen molar-refractivity contribution in [1.29, 1.82) is 0 Å². The molecule has 2 aromatic carbocycles. The van der Waals surface area contributed by atoms with Crippen molar-refractivity contribution in [2.45, 2.75) is 6.54 Å². The second kappa shape index (κ2) is 8.47. The summed E-state index contributed by atoms with van der Waals surface area (Å²) in [7, 11) is 1.75. The number of anilines is 1. The Morgan fingerprint density at radius 1 is 1.11 bits per heavy atom. The van der Waals surface area contributed by atoms with Crippen LogP contribution in [0.3, 0.4) is 0 Å². The lowest BCUT2D eigenvalue weighted by molar-refractivity contribution is -0.120. The summed E-state index contributed by atoms with van der Waals surface area (Å²) in [5, 5.41) is 5.93. The van der Waals surface area contributed by atoms with E-state index in [2.05, 4.69) is 10.6 Å². The molecule has 27 heavy (non-hydrogen) atoms. The Hall–Kier alpha value is -2.48. The molecule has 0 unspecified atom stereocenters. The van der Waals surface area contributed by atoms with Crippen LogP contribution in [0.5, 0.6) is 11.5 Å². The van der Waals surface area contributed by atoms with Crippen LogP contribution in [0.15, 0.2) is 36.4 Å². The number of nitrogens with zero attached hydrogens (tertiary/aromatic N) is 1. The van der Waals surface area contributed by atoms with Crippen molar-refractivity contribution in [3.63, 3.8) is 0 Å². The van der Waals surface area contributed by atoms with E-state index in [-0.39, 0.29) is 13.3 Å². The van der Waals surface area contributed by atoms with Crippen LogP contribution in [-0.4, -0.2) is 37.2 Å². The molecular weight excluding hydrogens is 393 g/mol. The molecule has 0 bridgehead atoms. The van der Waals surface area contributed by atoms with Gasteiger partial charge in [-0.25, -0.2) is 4.79 Å². The first kappa shape index (κ1) is 19.3. The fourth-order valence-electron chi connectivity index (χ4n) is 2.54. The zero-order chi connectivity index (χ0) is 19.4. The van der Waals surface area contributed by atoms with Gasteiger partial charge in [0.25, 0.3) is 0 Å². The molecule has 0 saturated carbocycles. The van der Waals surface area contributed by atoms with E-state index in [0.717, 1.165) is 5.56 Å². The van der Waals surface area contributed by atoms with Gasteiger partial charge in [0.1, 0.15) is 0 Å². The van der Waals surface area contributed by atoms with Crippen molar-refractivity contribution in [1.82, 2.24) is 10.2 Å². The fraction of sp³-hybridized carbons (Fsp3) is 0.222. The molecule has 0 spiro atoms. The van der Waals surface area contributed by atoms with Gasteiger partial charge in [-0.3, -0.25) is 15.0 Å². The van der Waals surface area contributed by atoms with Crippen LogP contribution >= 0.6 is 23.2 Å². The maximum atomic E-state index is 12.1. The van der Waals surface area contributed by atoms with Crippen LogP contribution in [-0.2, 0) is 11.3 Å². The summed E-state index contributed by atoms with van der Waals surface area (Å²) < 4.78 is 10.4. The number of imide groups is 1. The number of hydrogen-bond acceptors (Lipinski definition) is 5. The van der Waals surface area contributed by atoms with Gasteiger partial charge in [0.2, 0.25) is 12.7 Å². The number of carbonyl (C=O) groups excluding carboxylic acids is 2. The number of fused-ring (bicyclic) bond motifs is 1. The van der Waals surface area contributed by atoms with Crippen molar-refractivity contribution in [2.24, 2.45) is 0 Å². The topological polar surface area (TPSA) is 79.9 Å². The number of hydrogen-bond donors (Lipinski definition) is 2. The van der Waals surface area contributed by atoms with Crippen LogP contribution < -0.4 is 20.1 Å². The third kappa shape index (κ3) is 5.26. The minimum absolute atomic E-state index is 0.0213. The summed E-state index contributed by atoms with van der Waals surface area (Å²) in [5.74, 6) is 0.707. The predicted molar refractivity (Wildman–Crippen MR) is 103 cm³/mol. The molecule has 3 amide bonds. The highest BCUT2D eigenvalue weighted by Gasteiger charge is 2.16. The van der Waals surface area contributed by atoms with Crippen LogP contribution in [0.1, 0.15) is 5.56 Å². The molecule has 2 N–H and O–H groups in total. The molecule has 0 fully saturated rings. The average Bonchev–Trinajstić information content (AvgIpc) is 3.04. The van der Waals surface area contributed by atoms with E-state index >= 15 is 0 Å². The lowest BCUT2D eigenvalue weighted by Gasteiger charge is -2.17. The van der Waals surface area contributed by atoms with E-state index < -0.39 is 11.9 Å². The Bertz CT molecular complexity index is 876. The van der Waals surface area contributed by atoms with Crippen LogP contribution in [0.25, 0.3) is 0 Å². The number of carbonyl (C=O) groups is 2. The molecule has 3 rings (SSSR count). The van der Waals surface area contributed by atoms with E-state index in [0.29, 0.717) is 33.8 Å². The Balaban J connectivity index is 1.48. The van der Waals surface area contributed by atoms with E-state index in [4.69, 9.17) is 32.7 Å². The average molecular weight is 410 g/mol. The quantitative estimate of drug-likeness (QED) is 0.789. The number of amides is 3. The summed E-state index contributed by atoms with van der Waals surface area (Å²) in [4.78, 5) is 25.8. The minimum Gasteiger partial charge on any atom is -0.454 e. The Morgan fingerprint density at radius 2 is 1.89 bits per heavy atom. The summed E-state index contributed by atoms with van der Waals surface area (Å²) in [6.45, 7) is 0.605. The van der Waals surface area contributed by atoms with Crippen molar-refractivity contribution in [3.05, 3.63) is 52.0 Å². The molecule has 0 aromatic heterocycles. The largest absolute Gasteiger partial charge is 0.454 e. The molecule has 9 heteroatoms. The molecule has 0 saturated heterocycles. The highest BCUT2D eigenvalue weighted by atomic mass is 35.5. The molecule has 0 atom stereocenters. The van der Waals surface area contributed by atoms with E-state index in [1.54, 1.807) is 48.3 Å². The number of benzene rings is 2. The second-order valence-electron chi connectivity index (χ2n) is 5.98. The molecule has 1 heterocycles. The number of rotatable bonds is 5. The minimum atomic E-state index is -0.628. The standard InChI is InChI=1S/C18H17Cl2N3O4/c1-23(8-11-2-3-12(19)6-14(11)20)9-17(24)22-18(25)21-13-4-5-15-16(7-13)27-10-26-15/h2-7H,8-10H2,1H3,(H2,21,22,24,25). The van der Waals surface area contributed by atoms with Crippen molar-refractivity contribution >= 4 is 40.8 Å². The predicted octanol–water partition coefficient (Wildman–Crippen LogP) is 3.50. The van der Waals surface area contributed by atoms with Gasteiger partial charge >= 0.3 is 6.03 Å². The summed E-state index contributed by atoms with van der Waals surface area (Å²) in [5.41, 5.74) is 1.33. The molecule has 0 aliphatic carbocycles. The van der Waals surface area contributed by atoms with Gasteiger partial charge in [0.15, 0.2) is 11.5 Å². The van der Waals surface area contributed by atoms with Gasteiger partial charge < -0.3 is 14.8 Å². The van der Waals surface area contributed by atoms with Gasteiger partial charge in [-0.2, -0.15) is 0 Å². The molecule has 2 aromatic rings. The monoisotopic (exact) mass is 409 g/mol. The third-order valence-electron chi connectivity index (χ3n) is 3.75. The van der Waals surface area contributed by atoms with Crippen molar-refractivity contribution < 1.29 is 19.1 Å². The number of likely N-dealkylation sites (N-methyl/N-ethyl adjacent to an activating group) is 1.